The first-order valence-corrected chi connectivity index (χ1v) is 7.00. The summed E-state index contributed by atoms with van der Waals surface area (Å²) in [4.78, 5) is 29.9. The van der Waals surface area contributed by atoms with Gasteiger partial charge < -0.3 is 19.3 Å². The van der Waals surface area contributed by atoms with Crippen LogP contribution in [0.4, 0.5) is 0 Å². The van der Waals surface area contributed by atoms with E-state index in [-0.39, 0.29) is 17.5 Å². The first-order chi connectivity index (χ1) is 10.5. The number of aryl methyl sites for hydroxylation is 2. The van der Waals surface area contributed by atoms with Crippen LogP contribution in [0.5, 0.6) is 0 Å². The molecule has 8 heteroatoms. The average molecular weight is 303 g/mol. The van der Waals surface area contributed by atoms with Crippen molar-refractivity contribution < 1.29 is 14.1 Å². The molecule has 116 valence electrons. The molecule has 1 N–H and O–H groups in total. The molecule has 1 aliphatic rings. The summed E-state index contributed by atoms with van der Waals surface area (Å²) in [5.41, 5.74) is 1.84. The number of hydrogen-bond acceptors (Lipinski definition) is 5. The molecule has 0 unspecified atom stereocenters. The van der Waals surface area contributed by atoms with Crippen LogP contribution in [-0.4, -0.2) is 45.0 Å². The van der Waals surface area contributed by atoms with Gasteiger partial charge in [-0.1, -0.05) is 5.16 Å². The Balaban J connectivity index is 1.74. The van der Waals surface area contributed by atoms with Crippen LogP contribution < -0.4 is 5.32 Å². The lowest BCUT2D eigenvalue weighted by Gasteiger charge is -2.22. The van der Waals surface area contributed by atoms with Crippen molar-refractivity contribution in [2.24, 2.45) is 0 Å². The van der Waals surface area contributed by atoms with Crippen molar-refractivity contribution in [1.29, 1.82) is 0 Å². The maximum atomic E-state index is 12.2. The molecule has 0 fully saturated rings. The molecule has 1 aliphatic heterocycles. The molecule has 0 spiro atoms. The molecule has 0 aromatic carbocycles. The van der Waals surface area contributed by atoms with Gasteiger partial charge >= 0.3 is 0 Å². The largest absolute Gasteiger partial charge is 0.361 e. The molecular formula is C14H17N5O3. The molecule has 0 bridgehead atoms. The number of amides is 2. The number of fused-ring (bicyclic) bond motifs is 1. The van der Waals surface area contributed by atoms with Crippen molar-refractivity contribution in [2.75, 3.05) is 13.6 Å². The maximum absolute atomic E-state index is 12.2. The average Bonchev–Trinajstić information content (AvgIpc) is 3.06. The number of rotatable bonds is 3. The van der Waals surface area contributed by atoms with Gasteiger partial charge in [0, 0.05) is 38.4 Å². The summed E-state index contributed by atoms with van der Waals surface area (Å²) in [5.74, 6) is 0.489. The topological polar surface area (TPSA) is 93.3 Å². The molecule has 0 saturated carbocycles. The number of carbonyl (C=O) groups is 2. The molecular weight excluding hydrogens is 286 g/mol. The van der Waals surface area contributed by atoms with E-state index in [9.17, 15) is 9.59 Å². The first-order valence-electron chi connectivity index (χ1n) is 7.00. The fourth-order valence-corrected chi connectivity index (χ4v) is 2.41. The summed E-state index contributed by atoms with van der Waals surface area (Å²) in [7, 11) is 1.72. The van der Waals surface area contributed by atoms with Crippen molar-refractivity contribution >= 4 is 11.8 Å². The summed E-state index contributed by atoms with van der Waals surface area (Å²) in [5, 5.41) is 6.62. The molecule has 2 aromatic rings. The van der Waals surface area contributed by atoms with Gasteiger partial charge in [-0.2, -0.15) is 0 Å². The van der Waals surface area contributed by atoms with Crippen LogP contribution in [0.2, 0.25) is 0 Å². The molecule has 8 nitrogen and oxygen atoms in total. The number of carbonyl (C=O) groups excluding carboxylic acids is 2. The second-order valence-electron chi connectivity index (χ2n) is 5.36. The second-order valence-corrected chi connectivity index (χ2v) is 5.36. The Morgan fingerprint density at radius 2 is 2.18 bits per heavy atom. The van der Waals surface area contributed by atoms with Gasteiger partial charge in [0.05, 0.1) is 5.69 Å². The Morgan fingerprint density at radius 1 is 1.41 bits per heavy atom. The summed E-state index contributed by atoms with van der Waals surface area (Å²) < 4.78 is 6.77. The van der Waals surface area contributed by atoms with Crippen molar-refractivity contribution in [2.45, 2.75) is 26.9 Å². The van der Waals surface area contributed by atoms with Gasteiger partial charge in [-0.25, -0.2) is 4.98 Å². The van der Waals surface area contributed by atoms with Gasteiger partial charge in [0.1, 0.15) is 11.5 Å². The Kier molecular flexibility index (Phi) is 3.44. The maximum Gasteiger partial charge on any atom is 0.289 e. The minimum atomic E-state index is -0.322. The Labute approximate surface area is 127 Å². The lowest BCUT2D eigenvalue weighted by Crippen LogP contribution is -2.37. The van der Waals surface area contributed by atoms with Crippen LogP contribution in [0.25, 0.3) is 0 Å². The molecule has 2 aromatic heterocycles. The predicted molar refractivity (Wildman–Crippen MR) is 76.3 cm³/mol. The monoisotopic (exact) mass is 303 g/mol. The van der Waals surface area contributed by atoms with Crippen LogP contribution in [0, 0.1) is 13.8 Å². The van der Waals surface area contributed by atoms with Crippen LogP contribution in [0.1, 0.15) is 38.1 Å². The lowest BCUT2D eigenvalue weighted by atomic mass is 10.2. The summed E-state index contributed by atoms with van der Waals surface area (Å²) >= 11 is 0. The normalized spacial score (nSPS) is 14.1. The van der Waals surface area contributed by atoms with Gasteiger partial charge in [0.15, 0.2) is 5.82 Å². The summed E-state index contributed by atoms with van der Waals surface area (Å²) in [6, 6.07) is 0. The third-order valence-corrected chi connectivity index (χ3v) is 3.83. The van der Waals surface area contributed by atoms with Gasteiger partial charge in [-0.15, -0.1) is 0 Å². The van der Waals surface area contributed by atoms with E-state index in [2.05, 4.69) is 15.5 Å². The predicted octanol–water partition coefficient (Wildman–Crippen LogP) is 0.504. The fraction of sp³-hybridized carbons (Fsp3) is 0.429. The minimum Gasteiger partial charge on any atom is -0.361 e. The van der Waals surface area contributed by atoms with E-state index in [0.717, 1.165) is 11.3 Å². The molecule has 3 heterocycles. The third-order valence-electron chi connectivity index (χ3n) is 3.83. The van der Waals surface area contributed by atoms with E-state index in [1.807, 2.05) is 6.92 Å². The summed E-state index contributed by atoms with van der Waals surface area (Å²) in [6.45, 7) is 5.19. The highest BCUT2D eigenvalue weighted by atomic mass is 16.5. The van der Waals surface area contributed by atoms with Crippen LogP contribution in [0.15, 0.2) is 10.7 Å². The van der Waals surface area contributed by atoms with E-state index >= 15 is 0 Å². The summed E-state index contributed by atoms with van der Waals surface area (Å²) in [6.07, 6.45) is 1.61. The first kappa shape index (κ1) is 14.3. The molecule has 0 atom stereocenters. The number of nitrogens with one attached hydrogen (secondary N) is 1. The van der Waals surface area contributed by atoms with E-state index in [4.69, 9.17) is 4.52 Å². The number of aromatic nitrogens is 3. The van der Waals surface area contributed by atoms with Gasteiger partial charge in [0.25, 0.3) is 11.8 Å². The highest BCUT2D eigenvalue weighted by Crippen LogP contribution is 2.13. The minimum absolute atomic E-state index is 0.170. The SMILES string of the molecule is Cc1noc(C)c1CNC(=O)c1cn2c(n1)C(=O)N(C)CC2. The Hall–Kier alpha value is -2.64. The lowest BCUT2D eigenvalue weighted by molar-refractivity contribution is 0.0741. The van der Waals surface area contributed by atoms with Crippen molar-refractivity contribution in [3.63, 3.8) is 0 Å². The molecule has 0 saturated heterocycles. The fourth-order valence-electron chi connectivity index (χ4n) is 2.41. The van der Waals surface area contributed by atoms with Crippen LogP contribution >= 0.6 is 0 Å². The van der Waals surface area contributed by atoms with Crippen molar-refractivity contribution in [3.05, 3.63) is 34.7 Å². The molecule has 3 rings (SSSR count). The Morgan fingerprint density at radius 3 is 2.86 bits per heavy atom. The zero-order chi connectivity index (χ0) is 15.9. The van der Waals surface area contributed by atoms with Crippen molar-refractivity contribution in [1.82, 2.24) is 24.9 Å². The number of hydrogen-bond donors (Lipinski definition) is 1. The zero-order valence-corrected chi connectivity index (χ0v) is 12.7. The van der Waals surface area contributed by atoms with Gasteiger partial charge in [-0.05, 0) is 13.8 Å². The molecule has 0 aliphatic carbocycles. The number of imidazole rings is 1. The standard InChI is InChI=1S/C14H17N5O3/c1-8-10(9(2)22-17-8)6-15-13(20)11-7-19-5-4-18(3)14(21)12(19)16-11/h7H,4-6H2,1-3H3,(H,15,20). The van der Waals surface area contributed by atoms with E-state index in [0.29, 0.717) is 31.2 Å². The number of nitrogens with zero attached hydrogens (tertiary/aromatic N) is 4. The van der Waals surface area contributed by atoms with Crippen LogP contribution in [0.3, 0.4) is 0 Å². The smallest absolute Gasteiger partial charge is 0.289 e. The van der Waals surface area contributed by atoms with Gasteiger partial charge in [0.2, 0.25) is 0 Å². The molecule has 0 radical (unpaired) electrons. The zero-order valence-electron chi connectivity index (χ0n) is 12.7. The van der Waals surface area contributed by atoms with Crippen molar-refractivity contribution in [3.8, 4) is 0 Å². The number of likely N-dealkylation sites (N-methyl/N-ethyl adjacent to an activating group) is 1. The molecule has 22 heavy (non-hydrogen) atoms. The van der Waals surface area contributed by atoms with Crippen LogP contribution in [-0.2, 0) is 13.1 Å². The highest BCUT2D eigenvalue weighted by Gasteiger charge is 2.26. The third kappa shape index (κ3) is 2.36. The van der Waals surface area contributed by atoms with E-state index < -0.39 is 0 Å². The van der Waals surface area contributed by atoms with Gasteiger partial charge in [-0.3, -0.25) is 9.59 Å². The highest BCUT2D eigenvalue weighted by molar-refractivity contribution is 5.96. The van der Waals surface area contributed by atoms with E-state index in [1.165, 1.54) is 0 Å². The molecule has 2 amide bonds. The van der Waals surface area contributed by atoms with E-state index in [1.54, 1.807) is 29.6 Å². The Bertz CT molecular complexity index is 726. The second kappa shape index (κ2) is 5.28. The quantitative estimate of drug-likeness (QED) is 0.891.